The largest absolute Gasteiger partial charge is 0.493 e. The van der Waals surface area contributed by atoms with Crippen molar-refractivity contribution in [2.75, 3.05) is 6.61 Å². The third-order valence-electron chi connectivity index (χ3n) is 4.21. The second-order valence-electron chi connectivity index (χ2n) is 6.42. The highest BCUT2D eigenvalue weighted by Crippen LogP contribution is 2.25. The molecule has 0 saturated heterocycles. The monoisotopic (exact) mass is 379 g/mol. The standard InChI is InChI=1S/C23H25NO4/c1-3-5-14-26-19-9-7-10-20(15-19)27-16-18-13-12-17-8-6-11-21(23(17)24-18)28-22(25)4-2/h6-13,15H,3-5,14,16H2,1-2H3. The van der Waals surface area contributed by atoms with E-state index in [1.807, 2.05) is 48.5 Å². The Labute approximate surface area is 165 Å². The molecule has 2 aromatic carbocycles. The Hall–Kier alpha value is -3.08. The number of esters is 1. The molecule has 0 atom stereocenters. The van der Waals surface area contributed by atoms with Crippen LogP contribution in [0.15, 0.2) is 54.6 Å². The Balaban J connectivity index is 1.71. The van der Waals surface area contributed by atoms with E-state index in [1.165, 1.54) is 0 Å². The fraction of sp³-hybridized carbons (Fsp3) is 0.304. The Morgan fingerprint density at radius 3 is 2.54 bits per heavy atom. The average Bonchev–Trinajstić information content (AvgIpc) is 2.73. The number of carbonyl (C=O) groups is 1. The van der Waals surface area contributed by atoms with Crippen LogP contribution in [0.3, 0.4) is 0 Å². The molecule has 3 aromatic rings. The van der Waals surface area contributed by atoms with Crippen LogP contribution in [0.4, 0.5) is 0 Å². The highest BCUT2D eigenvalue weighted by molar-refractivity contribution is 5.87. The quantitative estimate of drug-likeness (QED) is 0.286. The van der Waals surface area contributed by atoms with Gasteiger partial charge in [0.25, 0.3) is 0 Å². The first kappa shape index (κ1) is 19.7. The first-order valence-electron chi connectivity index (χ1n) is 9.64. The molecule has 0 aliphatic rings. The molecule has 1 heterocycles. The fourth-order valence-corrected chi connectivity index (χ4v) is 2.66. The van der Waals surface area contributed by atoms with Crippen LogP contribution < -0.4 is 14.2 Å². The number of para-hydroxylation sites is 1. The summed E-state index contributed by atoms with van der Waals surface area (Å²) in [4.78, 5) is 16.3. The molecule has 1 aromatic heterocycles. The number of hydrogen-bond donors (Lipinski definition) is 0. The Bertz CT molecular complexity index is 939. The van der Waals surface area contributed by atoms with Gasteiger partial charge in [0, 0.05) is 17.9 Å². The molecule has 0 aliphatic heterocycles. The van der Waals surface area contributed by atoms with Gasteiger partial charge in [0.15, 0.2) is 5.75 Å². The molecule has 3 rings (SSSR count). The summed E-state index contributed by atoms with van der Waals surface area (Å²) < 4.78 is 17.0. The lowest BCUT2D eigenvalue weighted by Crippen LogP contribution is -2.06. The lowest BCUT2D eigenvalue weighted by molar-refractivity contribution is -0.133. The van der Waals surface area contributed by atoms with Crippen LogP contribution in [-0.4, -0.2) is 17.6 Å². The van der Waals surface area contributed by atoms with Crippen molar-refractivity contribution < 1.29 is 19.0 Å². The normalized spacial score (nSPS) is 10.6. The van der Waals surface area contributed by atoms with E-state index in [0.29, 0.717) is 30.9 Å². The molecule has 28 heavy (non-hydrogen) atoms. The van der Waals surface area contributed by atoms with Crippen LogP contribution in [0.2, 0.25) is 0 Å². The number of aromatic nitrogens is 1. The van der Waals surface area contributed by atoms with Crippen molar-refractivity contribution in [1.29, 1.82) is 0 Å². The van der Waals surface area contributed by atoms with E-state index in [2.05, 4.69) is 11.9 Å². The highest BCUT2D eigenvalue weighted by atomic mass is 16.5. The summed E-state index contributed by atoms with van der Waals surface area (Å²) >= 11 is 0. The smallest absolute Gasteiger partial charge is 0.310 e. The summed E-state index contributed by atoms with van der Waals surface area (Å²) in [5.74, 6) is 1.71. The number of rotatable bonds is 9. The van der Waals surface area contributed by atoms with Crippen molar-refractivity contribution in [2.24, 2.45) is 0 Å². The van der Waals surface area contributed by atoms with Crippen LogP contribution in [-0.2, 0) is 11.4 Å². The second kappa shape index (κ2) is 9.74. The fourth-order valence-electron chi connectivity index (χ4n) is 2.66. The zero-order valence-electron chi connectivity index (χ0n) is 16.3. The first-order chi connectivity index (χ1) is 13.7. The van der Waals surface area contributed by atoms with Gasteiger partial charge in [-0.2, -0.15) is 0 Å². The van der Waals surface area contributed by atoms with Crippen molar-refractivity contribution in [2.45, 2.75) is 39.7 Å². The molecule has 0 bridgehead atoms. The summed E-state index contributed by atoms with van der Waals surface area (Å²) in [6.45, 7) is 4.91. The molecule has 5 heteroatoms. The van der Waals surface area contributed by atoms with Gasteiger partial charge in [0.1, 0.15) is 23.6 Å². The second-order valence-corrected chi connectivity index (χ2v) is 6.42. The highest BCUT2D eigenvalue weighted by Gasteiger charge is 2.09. The van der Waals surface area contributed by atoms with Crippen LogP contribution in [0.5, 0.6) is 17.2 Å². The minimum absolute atomic E-state index is 0.282. The number of pyridine rings is 1. The summed E-state index contributed by atoms with van der Waals surface area (Å²) in [6, 6.07) is 17.0. The van der Waals surface area contributed by atoms with Gasteiger partial charge in [-0.15, -0.1) is 0 Å². The van der Waals surface area contributed by atoms with Gasteiger partial charge in [0.2, 0.25) is 0 Å². The topological polar surface area (TPSA) is 57.7 Å². The average molecular weight is 379 g/mol. The molecular weight excluding hydrogens is 354 g/mol. The van der Waals surface area contributed by atoms with Gasteiger partial charge >= 0.3 is 5.97 Å². The number of benzene rings is 2. The lowest BCUT2D eigenvalue weighted by atomic mass is 10.2. The molecule has 0 N–H and O–H groups in total. The zero-order chi connectivity index (χ0) is 19.8. The van der Waals surface area contributed by atoms with E-state index in [0.717, 1.165) is 35.4 Å². The zero-order valence-corrected chi connectivity index (χ0v) is 16.3. The number of hydrogen-bond acceptors (Lipinski definition) is 5. The molecule has 146 valence electrons. The third kappa shape index (κ3) is 5.22. The van der Waals surface area contributed by atoms with Crippen LogP contribution in [0.25, 0.3) is 10.9 Å². The maximum Gasteiger partial charge on any atom is 0.310 e. The van der Waals surface area contributed by atoms with Gasteiger partial charge < -0.3 is 14.2 Å². The predicted molar refractivity (Wildman–Crippen MR) is 109 cm³/mol. The molecule has 0 radical (unpaired) electrons. The maximum atomic E-state index is 11.7. The maximum absolute atomic E-state index is 11.7. The van der Waals surface area contributed by atoms with Gasteiger partial charge in [-0.25, -0.2) is 4.98 Å². The number of unbranched alkanes of at least 4 members (excludes halogenated alkanes) is 1. The van der Waals surface area contributed by atoms with Crippen molar-refractivity contribution in [3.8, 4) is 17.2 Å². The lowest BCUT2D eigenvalue weighted by Gasteiger charge is -2.10. The van der Waals surface area contributed by atoms with Gasteiger partial charge in [-0.05, 0) is 30.7 Å². The number of ether oxygens (including phenoxy) is 3. The Morgan fingerprint density at radius 2 is 1.75 bits per heavy atom. The van der Waals surface area contributed by atoms with E-state index >= 15 is 0 Å². The summed E-state index contributed by atoms with van der Waals surface area (Å²) in [7, 11) is 0. The molecule has 0 saturated carbocycles. The molecule has 0 spiro atoms. The van der Waals surface area contributed by atoms with Crippen LogP contribution in [0.1, 0.15) is 38.8 Å². The molecule has 0 amide bonds. The molecular formula is C23H25NO4. The summed E-state index contributed by atoms with van der Waals surface area (Å²) in [5.41, 5.74) is 1.41. The third-order valence-corrected chi connectivity index (χ3v) is 4.21. The van der Waals surface area contributed by atoms with E-state index in [9.17, 15) is 4.79 Å². The molecule has 0 fully saturated rings. The van der Waals surface area contributed by atoms with Crippen LogP contribution >= 0.6 is 0 Å². The predicted octanol–water partition coefficient (Wildman–Crippen LogP) is 5.31. The number of fused-ring (bicyclic) bond motifs is 1. The number of carbonyl (C=O) groups excluding carboxylic acids is 1. The summed E-state index contributed by atoms with van der Waals surface area (Å²) in [6.07, 6.45) is 2.44. The van der Waals surface area contributed by atoms with Crippen molar-refractivity contribution >= 4 is 16.9 Å². The van der Waals surface area contributed by atoms with Crippen LogP contribution in [0, 0.1) is 0 Å². The first-order valence-corrected chi connectivity index (χ1v) is 9.64. The Kier molecular flexibility index (Phi) is 6.84. The summed E-state index contributed by atoms with van der Waals surface area (Å²) in [5, 5.41) is 0.913. The molecule has 0 aliphatic carbocycles. The minimum Gasteiger partial charge on any atom is -0.493 e. The molecule has 5 nitrogen and oxygen atoms in total. The van der Waals surface area contributed by atoms with Gasteiger partial charge in [0.05, 0.1) is 12.3 Å². The van der Waals surface area contributed by atoms with Crippen molar-refractivity contribution in [3.63, 3.8) is 0 Å². The Morgan fingerprint density at radius 1 is 0.964 bits per heavy atom. The van der Waals surface area contributed by atoms with E-state index < -0.39 is 0 Å². The van der Waals surface area contributed by atoms with Crippen molar-refractivity contribution in [1.82, 2.24) is 4.98 Å². The number of nitrogens with zero attached hydrogens (tertiary/aromatic N) is 1. The van der Waals surface area contributed by atoms with E-state index in [-0.39, 0.29) is 5.97 Å². The SMILES string of the molecule is CCCCOc1cccc(OCc2ccc3cccc(OC(=O)CC)c3n2)c1. The molecule has 0 unspecified atom stereocenters. The van der Waals surface area contributed by atoms with E-state index in [1.54, 1.807) is 13.0 Å². The minimum atomic E-state index is -0.282. The van der Waals surface area contributed by atoms with Gasteiger partial charge in [-0.3, -0.25) is 4.79 Å². The van der Waals surface area contributed by atoms with Gasteiger partial charge in [-0.1, -0.05) is 44.5 Å². The van der Waals surface area contributed by atoms with E-state index in [4.69, 9.17) is 14.2 Å². The van der Waals surface area contributed by atoms with Crippen molar-refractivity contribution in [3.05, 3.63) is 60.3 Å².